The molecule has 0 aromatic heterocycles. The second-order valence-corrected chi connectivity index (χ2v) is 8.11. The van der Waals surface area contributed by atoms with Crippen LogP contribution in [-0.4, -0.2) is 67.5 Å². The molecule has 2 aliphatic rings. The summed E-state index contributed by atoms with van der Waals surface area (Å²) in [6.45, 7) is 5.97. The summed E-state index contributed by atoms with van der Waals surface area (Å²) in [7, 11) is 1.57. The van der Waals surface area contributed by atoms with Gasteiger partial charge in [0.15, 0.2) is 5.92 Å². The monoisotopic (exact) mass is 450 g/mol. The lowest BCUT2D eigenvalue weighted by Crippen LogP contribution is -2.57. The summed E-state index contributed by atoms with van der Waals surface area (Å²) in [4.78, 5) is 35.1. The lowest BCUT2D eigenvalue weighted by atomic mass is 9.90. The van der Waals surface area contributed by atoms with E-state index in [1.54, 1.807) is 14.0 Å². The summed E-state index contributed by atoms with van der Waals surface area (Å²) >= 11 is 0. The van der Waals surface area contributed by atoms with Gasteiger partial charge in [-0.2, -0.15) is 0 Å². The van der Waals surface area contributed by atoms with Crippen LogP contribution < -0.4 is 10.1 Å². The first-order valence-electron chi connectivity index (χ1n) is 11.3. The third-order valence-electron chi connectivity index (χ3n) is 6.01. The standard InChI is InChI=1S/C25H30N4O4/c1-3-33-24(31)21-22(19-11-7-8-12-20(19)32-2)26-25(27-23(21)30)29-15-13-28(14-16-29)17-18-9-5-4-6-10-18/h4-12,21-22H,3,13-17H2,1-2H3,(H,26,27,30)/t21-,22-/m0/s1. The number of methoxy groups -OCH3 is 1. The minimum atomic E-state index is -1.07. The number of piperazine rings is 1. The van der Waals surface area contributed by atoms with Crippen LogP contribution in [0.4, 0.5) is 0 Å². The number of benzene rings is 2. The number of hydrogen-bond acceptors (Lipinski definition) is 7. The lowest BCUT2D eigenvalue weighted by Gasteiger charge is -2.39. The molecule has 2 aliphatic heterocycles. The minimum absolute atomic E-state index is 0.196. The number of amides is 1. The first kappa shape index (κ1) is 22.8. The van der Waals surface area contributed by atoms with Gasteiger partial charge in [-0.25, -0.2) is 4.99 Å². The summed E-state index contributed by atoms with van der Waals surface area (Å²) in [5.41, 5.74) is 1.97. The number of nitrogens with one attached hydrogen (secondary N) is 1. The Kier molecular flexibility index (Phi) is 7.24. The fraction of sp³-hybridized carbons (Fsp3) is 0.400. The minimum Gasteiger partial charge on any atom is -0.496 e. The maximum absolute atomic E-state index is 13.1. The molecule has 4 rings (SSSR count). The number of carbonyl (C=O) groups excluding carboxylic acids is 2. The van der Waals surface area contributed by atoms with Crippen molar-refractivity contribution in [3.63, 3.8) is 0 Å². The van der Waals surface area contributed by atoms with Crippen LogP contribution >= 0.6 is 0 Å². The zero-order valence-corrected chi connectivity index (χ0v) is 19.1. The van der Waals surface area contributed by atoms with Crippen LogP contribution in [0.5, 0.6) is 5.75 Å². The van der Waals surface area contributed by atoms with E-state index in [1.807, 2.05) is 30.3 Å². The van der Waals surface area contributed by atoms with Gasteiger partial charge in [0, 0.05) is 38.3 Å². The molecule has 0 radical (unpaired) electrons. The summed E-state index contributed by atoms with van der Waals surface area (Å²) in [5.74, 6) is -0.968. The second-order valence-electron chi connectivity index (χ2n) is 8.11. The Hall–Kier alpha value is -3.39. The van der Waals surface area contributed by atoms with E-state index >= 15 is 0 Å². The summed E-state index contributed by atoms with van der Waals surface area (Å²) < 4.78 is 10.7. The second kappa shape index (κ2) is 10.5. The summed E-state index contributed by atoms with van der Waals surface area (Å²) in [6, 6.07) is 17.0. The van der Waals surface area contributed by atoms with Crippen molar-refractivity contribution >= 4 is 17.8 Å². The summed E-state index contributed by atoms with van der Waals surface area (Å²) in [6.07, 6.45) is 0. The van der Waals surface area contributed by atoms with Crippen molar-refractivity contribution in [2.45, 2.75) is 19.5 Å². The van der Waals surface area contributed by atoms with Crippen molar-refractivity contribution in [2.75, 3.05) is 39.9 Å². The zero-order valence-electron chi connectivity index (χ0n) is 19.1. The van der Waals surface area contributed by atoms with Crippen molar-refractivity contribution in [3.05, 3.63) is 65.7 Å². The van der Waals surface area contributed by atoms with E-state index < -0.39 is 23.8 Å². The third-order valence-corrected chi connectivity index (χ3v) is 6.01. The number of hydrogen-bond donors (Lipinski definition) is 1. The Morgan fingerprint density at radius 3 is 2.45 bits per heavy atom. The molecule has 1 fully saturated rings. The predicted molar refractivity (Wildman–Crippen MR) is 125 cm³/mol. The maximum atomic E-state index is 13.1. The van der Waals surface area contributed by atoms with Crippen molar-refractivity contribution in [1.29, 1.82) is 0 Å². The number of nitrogens with zero attached hydrogens (tertiary/aromatic N) is 3. The number of carbonyl (C=O) groups is 2. The maximum Gasteiger partial charge on any atom is 0.321 e. The fourth-order valence-corrected chi connectivity index (χ4v) is 4.32. The molecule has 0 unspecified atom stereocenters. The van der Waals surface area contributed by atoms with Gasteiger partial charge in [0.05, 0.1) is 13.7 Å². The first-order valence-corrected chi connectivity index (χ1v) is 11.3. The van der Waals surface area contributed by atoms with Gasteiger partial charge in [0.1, 0.15) is 11.8 Å². The average molecular weight is 451 g/mol. The normalized spacial score (nSPS) is 21.2. The molecule has 33 heavy (non-hydrogen) atoms. The molecular formula is C25H30N4O4. The van der Waals surface area contributed by atoms with Gasteiger partial charge in [-0.3, -0.25) is 19.8 Å². The predicted octanol–water partition coefficient (Wildman–Crippen LogP) is 2.22. The van der Waals surface area contributed by atoms with E-state index in [0.29, 0.717) is 17.3 Å². The molecule has 0 aliphatic carbocycles. The van der Waals surface area contributed by atoms with E-state index in [-0.39, 0.29) is 6.61 Å². The molecule has 0 spiro atoms. The van der Waals surface area contributed by atoms with Gasteiger partial charge >= 0.3 is 5.97 Å². The molecule has 1 N–H and O–H groups in total. The van der Waals surface area contributed by atoms with Crippen LogP contribution in [0, 0.1) is 5.92 Å². The fourth-order valence-electron chi connectivity index (χ4n) is 4.32. The molecule has 2 atom stereocenters. The van der Waals surface area contributed by atoms with E-state index in [9.17, 15) is 9.59 Å². The Morgan fingerprint density at radius 2 is 1.76 bits per heavy atom. The van der Waals surface area contributed by atoms with Crippen LogP contribution in [-0.2, 0) is 20.9 Å². The highest BCUT2D eigenvalue weighted by Gasteiger charge is 2.43. The van der Waals surface area contributed by atoms with Crippen LogP contribution in [0.1, 0.15) is 24.1 Å². The molecule has 8 nitrogen and oxygen atoms in total. The van der Waals surface area contributed by atoms with Gasteiger partial charge in [0.2, 0.25) is 11.9 Å². The molecular weight excluding hydrogens is 420 g/mol. The van der Waals surface area contributed by atoms with E-state index in [4.69, 9.17) is 14.5 Å². The Morgan fingerprint density at radius 1 is 1.06 bits per heavy atom. The van der Waals surface area contributed by atoms with Crippen LogP contribution in [0.2, 0.25) is 0 Å². The molecule has 2 aromatic rings. The Labute approximate surface area is 194 Å². The van der Waals surface area contributed by atoms with E-state index in [1.165, 1.54) is 5.56 Å². The smallest absolute Gasteiger partial charge is 0.321 e. The molecule has 0 saturated carbocycles. The van der Waals surface area contributed by atoms with E-state index in [2.05, 4.69) is 39.4 Å². The average Bonchev–Trinajstić information content (AvgIpc) is 2.84. The highest BCUT2D eigenvalue weighted by atomic mass is 16.5. The quantitative estimate of drug-likeness (QED) is 0.537. The molecule has 1 amide bonds. The number of guanidine groups is 1. The van der Waals surface area contributed by atoms with Crippen molar-refractivity contribution in [1.82, 2.24) is 15.1 Å². The number of ether oxygens (including phenoxy) is 2. The topological polar surface area (TPSA) is 83.5 Å². The molecule has 0 bridgehead atoms. The number of aliphatic imine (C=N–C) groups is 1. The van der Waals surface area contributed by atoms with Gasteiger partial charge in [-0.05, 0) is 18.6 Å². The summed E-state index contributed by atoms with van der Waals surface area (Å²) in [5, 5.41) is 2.85. The van der Waals surface area contributed by atoms with Crippen molar-refractivity contribution < 1.29 is 19.1 Å². The zero-order chi connectivity index (χ0) is 23.2. The SMILES string of the molecule is CCOC(=O)[C@@H]1C(=O)NC(N2CCN(Cc3ccccc3)CC2)=N[C@H]1c1ccccc1OC. The van der Waals surface area contributed by atoms with Gasteiger partial charge in [-0.15, -0.1) is 0 Å². The molecule has 1 saturated heterocycles. The molecule has 2 heterocycles. The molecule has 8 heteroatoms. The Bertz CT molecular complexity index is 1000. The van der Waals surface area contributed by atoms with E-state index in [0.717, 1.165) is 32.7 Å². The van der Waals surface area contributed by atoms with Crippen molar-refractivity contribution in [2.24, 2.45) is 10.9 Å². The number of para-hydroxylation sites is 1. The van der Waals surface area contributed by atoms with Crippen molar-refractivity contribution in [3.8, 4) is 5.75 Å². The Balaban J connectivity index is 1.54. The largest absolute Gasteiger partial charge is 0.496 e. The molecule has 2 aromatic carbocycles. The van der Waals surface area contributed by atoms with Crippen LogP contribution in [0.15, 0.2) is 59.6 Å². The van der Waals surface area contributed by atoms with Gasteiger partial charge in [-0.1, -0.05) is 48.5 Å². The first-order chi connectivity index (χ1) is 16.1. The lowest BCUT2D eigenvalue weighted by molar-refractivity contribution is -0.153. The molecule has 174 valence electrons. The van der Waals surface area contributed by atoms with Gasteiger partial charge < -0.3 is 14.4 Å². The van der Waals surface area contributed by atoms with Gasteiger partial charge in [0.25, 0.3) is 0 Å². The number of esters is 1. The number of rotatable bonds is 6. The van der Waals surface area contributed by atoms with Crippen LogP contribution in [0.25, 0.3) is 0 Å². The third kappa shape index (κ3) is 5.17. The highest BCUT2D eigenvalue weighted by molar-refractivity contribution is 6.08. The van der Waals surface area contributed by atoms with Crippen LogP contribution in [0.3, 0.4) is 0 Å². The highest BCUT2D eigenvalue weighted by Crippen LogP contribution is 2.36.